The number of fused-ring (bicyclic) bond motifs is 5. The SMILES string of the molecule is C[C@H](CCC(=O)NCCNC(=S)Nc1ccc(C[C@@H](C(=O)O)N(CCN(CC(=O)O)CC(=O)O)CC(=O)O)cc1)[C@H]1CCC2C3C(O)C[C@@H]4C[C@H](O)CC[C@]4(C)C3C[C@H](O)[C@@]21C.Cl.Cl. The number of halogens is 2. The standard InChI is InChI=1S/C44H67N5O12S.2ClH/c1-25(30-9-10-31-40-32(21-35(52)44(30,31)3)43(2)13-12-29(50)19-27(43)20-34(40)51)4-11-36(53)45-14-15-46-42(62)47-28-7-5-26(6-8-28)18-33(41(60)61)49(24-39(58)59)17-16-48(22-37(54)55)23-38(56)57;;/h5-8,25,27,29-35,40,50-52H,4,9-24H2,1-3H3,(H,45,53)(H,54,55)(H,56,57)(H,58,59)(H,60,61)(H2,46,47,62);2*1H/t25-,27+,29-,30-,31?,32?,33+,34?,35+,40?,43+,44-;;/m1../s1. The lowest BCUT2D eigenvalue weighted by molar-refractivity contribution is -0.207. The Kier molecular flexibility index (Phi) is 20.5. The van der Waals surface area contributed by atoms with E-state index in [2.05, 4.69) is 36.7 Å². The van der Waals surface area contributed by atoms with Gasteiger partial charge >= 0.3 is 23.9 Å². The van der Waals surface area contributed by atoms with Crippen molar-refractivity contribution in [3.05, 3.63) is 29.8 Å². The smallest absolute Gasteiger partial charge is 0.321 e. The molecule has 4 fully saturated rings. The molecule has 0 spiro atoms. The van der Waals surface area contributed by atoms with Gasteiger partial charge in [0, 0.05) is 38.3 Å². The Balaban J connectivity index is 0.00000544. The molecule has 12 atom stereocenters. The Morgan fingerprint density at radius 3 is 2.05 bits per heavy atom. The number of amides is 1. The number of aliphatic carboxylic acids is 4. The highest BCUT2D eigenvalue weighted by Crippen LogP contribution is 2.68. The minimum Gasteiger partial charge on any atom is -0.480 e. The molecule has 4 aliphatic carbocycles. The third-order valence-corrected chi connectivity index (χ3v) is 15.5. The Morgan fingerprint density at radius 2 is 1.44 bits per heavy atom. The summed E-state index contributed by atoms with van der Waals surface area (Å²) in [6, 6.07) is 5.40. The molecule has 4 saturated carbocycles. The van der Waals surface area contributed by atoms with Crippen LogP contribution in [-0.4, -0.2) is 151 Å². The summed E-state index contributed by atoms with van der Waals surface area (Å²) in [5.74, 6) is -3.88. The van der Waals surface area contributed by atoms with E-state index in [1.54, 1.807) is 24.3 Å². The van der Waals surface area contributed by atoms with E-state index in [9.17, 15) is 49.5 Å². The van der Waals surface area contributed by atoms with Gasteiger partial charge in [-0.25, -0.2) is 0 Å². The maximum absolute atomic E-state index is 12.9. The highest BCUT2D eigenvalue weighted by atomic mass is 35.5. The third kappa shape index (κ3) is 13.4. The fourth-order valence-electron chi connectivity index (χ4n) is 12.0. The van der Waals surface area contributed by atoms with E-state index in [4.69, 9.17) is 22.4 Å². The molecule has 1 aromatic rings. The fourth-order valence-corrected chi connectivity index (χ4v) is 12.3. The van der Waals surface area contributed by atoms with Gasteiger partial charge in [-0.3, -0.25) is 33.8 Å². The van der Waals surface area contributed by atoms with E-state index < -0.39 is 61.8 Å². The fraction of sp³-hybridized carbons (Fsp3) is 0.727. The minimum absolute atomic E-state index is 0. The monoisotopic (exact) mass is 961 g/mol. The second-order valence-corrected chi connectivity index (χ2v) is 19.3. The molecule has 362 valence electrons. The number of benzene rings is 1. The summed E-state index contributed by atoms with van der Waals surface area (Å²) >= 11 is 5.43. The van der Waals surface area contributed by atoms with Crippen molar-refractivity contribution in [3.63, 3.8) is 0 Å². The van der Waals surface area contributed by atoms with Crippen molar-refractivity contribution in [1.29, 1.82) is 0 Å². The van der Waals surface area contributed by atoms with Gasteiger partial charge < -0.3 is 51.7 Å². The molecule has 4 unspecified atom stereocenters. The number of carbonyl (C=O) groups is 5. The number of thiocarbonyl (C=S) groups is 1. The zero-order chi connectivity index (χ0) is 45.5. The molecule has 17 nitrogen and oxygen atoms in total. The van der Waals surface area contributed by atoms with Gasteiger partial charge in [0.1, 0.15) is 6.04 Å². The molecule has 5 rings (SSSR count). The maximum atomic E-state index is 12.9. The molecule has 64 heavy (non-hydrogen) atoms. The van der Waals surface area contributed by atoms with Crippen LogP contribution in [0, 0.1) is 46.3 Å². The average molecular weight is 963 g/mol. The van der Waals surface area contributed by atoms with Gasteiger partial charge in [-0.2, -0.15) is 0 Å². The summed E-state index contributed by atoms with van der Waals surface area (Å²) in [5.41, 5.74) is 0.868. The van der Waals surface area contributed by atoms with Gasteiger partial charge in [0.05, 0.1) is 37.9 Å². The molecule has 0 saturated heterocycles. The number of anilines is 1. The number of hydrogen-bond donors (Lipinski definition) is 10. The van der Waals surface area contributed by atoms with Crippen LogP contribution in [0.25, 0.3) is 0 Å². The van der Waals surface area contributed by atoms with Crippen LogP contribution in [0.5, 0.6) is 0 Å². The summed E-state index contributed by atoms with van der Waals surface area (Å²) in [4.78, 5) is 61.4. The highest BCUT2D eigenvalue weighted by Gasteiger charge is 2.65. The lowest BCUT2D eigenvalue weighted by Crippen LogP contribution is -2.62. The predicted octanol–water partition coefficient (Wildman–Crippen LogP) is 3.16. The summed E-state index contributed by atoms with van der Waals surface area (Å²) in [6.45, 7) is 5.18. The molecule has 20 heteroatoms. The Labute approximate surface area is 392 Å². The number of hydrogen-bond acceptors (Lipinski definition) is 11. The van der Waals surface area contributed by atoms with Crippen molar-refractivity contribution in [3.8, 4) is 0 Å². The second-order valence-electron chi connectivity index (χ2n) is 18.9. The maximum Gasteiger partial charge on any atom is 0.321 e. The topological polar surface area (TPSA) is 270 Å². The first-order valence-corrected chi connectivity index (χ1v) is 22.4. The molecule has 1 amide bonds. The number of carbonyl (C=O) groups excluding carboxylic acids is 1. The normalized spacial score (nSPS) is 30.2. The average Bonchev–Trinajstić information content (AvgIpc) is 3.55. The minimum atomic E-state index is -1.30. The van der Waals surface area contributed by atoms with E-state index >= 15 is 0 Å². The Morgan fingerprint density at radius 1 is 0.812 bits per heavy atom. The quantitative estimate of drug-likeness (QED) is 0.0626. The zero-order valence-corrected chi connectivity index (χ0v) is 39.3. The molecular weight excluding hydrogens is 893 g/mol. The summed E-state index contributed by atoms with van der Waals surface area (Å²) in [5, 5.41) is 80.9. The van der Waals surface area contributed by atoms with Crippen LogP contribution < -0.4 is 16.0 Å². The number of nitrogens with one attached hydrogen (secondary N) is 3. The van der Waals surface area contributed by atoms with Crippen LogP contribution in [0.15, 0.2) is 24.3 Å². The first-order valence-electron chi connectivity index (χ1n) is 22.0. The van der Waals surface area contributed by atoms with Gasteiger partial charge in [0.2, 0.25) is 5.91 Å². The molecule has 0 heterocycles. The predicted molar refractivity (Wildman–Crippen MR) is 247 cm³/mol. The number of rotatable bonds is 21. The van der Waals surface area contributed by atoms with Gasteiger partial charge in [0.15, 0.2) is 5.11 Å². The van der Waals surface area contributed by atoms with Crippen LogP contribution >= 0.6 is 37.0 Å². The molecule has 0 aliphatic heterocycles. The van der Waals surface area contributed by atoms with Crippen LogP contribution in [0.1, 0.15) is 84.1 Å². The highest BCUT2D eigenvalue weighted by molar-refractivity contribution is 7.80. The zero-order valence-electron chi connectivity index (χ0n) is 36.9. The van der Waals surface area contributed by atoms with Crippen LogP contribution in [0.2, 0.25) is 0 Å². The second kappa shape index (κ2) is 23.9. The number of nitrogens with zero attached hydrogens (tertiary/aromatic N) is 2. The third-order valence-electron chi connectivity index (χ3n) is 15.2. The van der Waals surface area contributed by atoms with Crippen molar-refractivity contribution in [2.45, 2.75) is 109 Å². The molecule has 0 aromatic heterocycles. The molecule has 1 aromatic carbocycles. The van der Waals surface area contributed by atoms with E-state index in [0.717, 1.165) is 48.3 Å². The van der Waals surface area contributed by atoms with Crippen molar-refractivity contribution in [2.24, 2.45) is 46.3 Å². The number of carboxylic acids is 4. The van der Waals surface area contributed by atoms with Crippen LogP contribution in [0.4, 0.5) is 5.69 Å². The van der Waals surface area contributed by atoms with Crippen LogP contribution in [-0.2, 0) is 30.4 Å². The van der Waals surface area contributed by atoms with Crippen molar-refractivity contribution < 1.29 is 59.7 Å². The van der Waals surface area contributed by atoms with E-state index in [1.165, 1.54) is 0 Å². The first kappa shape index (κ1) is 55.0. The number of aliphatic hydroxyl groups is 3. The molecule has 10 N–H and O–H groups in total. The molecule has 4 aliphatic rings. The van der Waals surface area contributed by atoms with Crippen molar-refractivity contribution >= 4 is 77.6 Å². The Hall–Kier alpha value is -3.36. The van der Waals surface area contributed by atoms with E-state index in [1.807, 2.05) is 0 Å². The van der Waals surface area contributed by atoms with Gasteiger partial charge in [0.25, 0.3) is 0 Å². The number of aliphatic hydroxyl groups excluding tert-OH is 3. The van der Waals surface area contributed by atoms with E-state index in [0.29, 0.717) is 48.7 Å². The largest absolute Gasteiger partial charge is 0.480 e. The van der Waals surface area contributed by atoms with Crippen molar-refractivity contribution in [2.75, 3.05) is 51.1 Å². The van der Waals surface area contributed by atoms with Crippen molar-refractivity contribution in [1.82, 2.24) is 20.4 Å². The lowest BCUT2D eigenvalue weighted by Gasteiger charge is -2.63. The molecule has 0 radical (unpaired) electrons. The summed E-state index contributed by atoms with van der Waals surface area (Å²) in [6.07, 6.45) is 5.53. The van der Waals surface area contributed by atoms with Gasteiger partial charge in [-0.1, -0.05) is 32.9 Å². The number of carboxylic acid groups (broad SMARTS) is 4. The Bertz CT molecular complexity index is 1770. The summed E-state index contributed by atoms with van der Waals surface area (Å²) < 4.78 is 0. The van der Waals surface area contributed by atoms with Crippen LogP contribution in [0.3, 0.4) is 0 Å². The lowest BCUT2D eigenvalue weighted by atomic mass is 9.43. The molecular formula is C44H69Cl2N5O12S. The van der Waals surface area contributed by atoms with E-state index in [-0.39, 0.29) is 103 Å². The first-order chi connectivity index (χ1) is 29.2. The van der Waals surface area contributed by atoms with Gasteiger partial charge in [-0.15, -0.1) is 24.8 Å². The molecule has 0 bridgehead atoms. The summed E-state index contributed by atoms with van der Waals surface area (Å²) in [7, 11) is 0. The van der Waals surface area contributed by atoms with Gasteiger partial charge in [-0.05, 0) is 134 Å².